The van der Waals surface area contributed by atoms with Gasteiger partial charge in [-0.25, -0.2) is 0 Å². The van der Waals surface area contributed by atoms with Crippen molar-refractivity contribution in [2.24, 2.45) is 5.11 Å². The summed E-state index contributed by atoms with van der Waals surface area (Å²) in [4.78, 5) is 2.67. The van der Waals surface area contributed by atoms with Gasteiger partial charge in [0.05, 0.1) is 6.10 Å². The molecule has 1 unspecified atom stereocenters. The Bertz CT molecular complexity index is 450. The van der Waals surface area contributed by atoms with Crippen LogP contribution in [0.1, 0.15) is 31.4 Å². The van der Waals surface area contributed by atoms with Crippen LogP contribution in [-0.2, 0) is 0 Å². The Balaban J connectivity index is 2.45. The van der Waals surface area contributed by atoms with Gasteiger partial charge in [-0.2, -0.15) is 0 Å². The standard InChI is InChI=1S/C14H19N3O2/c1-11(2)10-19-13-7-5-12(6-8-13)14(18)4-3-9-16-17-15/h5-8,14,18H,1,3-4,9-10H2,2H3. The molecule has 0 fully saturated rings. The van der Waals surface area contributed by atoms with Crippen molar-refractivity contribution in [3.05, 3.63) is 52.4 Å². The van der Waals surface area contributed by atoms with Gasteiger partial charge in [0.2, 0.25) is 0 Å². The summed E-state index contributed by atoms with van der Waals surface area (Å²) in [7, 11) is 0. The molecule has 1 atom stereocenters. The largest absolute Gasteiger partial charge is 0.489 e. The maximum atomic E-state index is 9.94. The van der Waals surface area contributed by atoms with Crippen LogP contribution in [-0.4, -0.2) is 18.3 Å². The fourth-order valence-corrected chi connectivity index (χ4v) is 1.56. The number of aliphatic hydroxyl groups is 1. The van der Waals surface area contributed by atoms with Crippen LogP contribution in [0.3, 0.4) is 0 Å². The first-order valence-electron chi connectivity index (χ1n) is 6.19. The quantitative estimate of drug-likeness (QED) is 0.254. The third-order valence-electron chi connectivity index (χ3n) is 2.55. The Labute approximate surface area is 113 Å². The molecule has 0 aliphatic rings. The second-order valence-electron chi connectivity index (χ2n) is 4.43. The topological polar surface area (TPSA) is 78.2 Å². The van der Waals surface area contributed by atoms with Gasteiger partial charge in [-0.05, 0) is 48.6 Å². The van der Waals surface area contributed by atoms with E-state index >= 15 is 0 Å². The lowest BCUT2D eigenvalue weighted by Gasteiger charge is -2.11. The fourth-order valence-electron chi connectivity index (χ4n) is 1.56. The monoisotopic (exact) mass is 261 g/mol. The normalized spacial score (nSPS) is 11.5. The highest BCUT2D eigenvalue weighted by atomic mass is 16.5. The Morgan fingerprint density at radius 3 is 2.74 bits per heavy atom. The summed E-state index contributed by atoms with van der Waals surface area (Å²) in [5.41, 5.74) is 9.94. The zero-order valence-electron chi connectivity index (χ0n) is 11.1. The maximum absolute atomic E-state index is 9.94. The zero-order valence-corrected chi connectivity index (χ0v) is 11.1. The Hall–Kier alpha value is -1.97. The van der Waals surface area contributed by atoms with E-state index in [-0.39, 0.29) is 0 Å². The maximum Gasteiger partial charge on any atom is 0.119 e. The van der Waals surface area contributed by atoms with E-state index in [4.69, 9.17) is 10.3 Å². The minimum atomic E-state index is -0.538. The SMILES string of the molecule is C=C(C)COc1ccc(C(O)CCCN=[N+]=[N-])cc1. The van der Waals surface area contributed by atoms with E-state index in [2.05, 4.69) is 16.6 Å². The third kappa shape index (κ3) is 5.95. The zero-order chi connectivity index (χ0) is 14.1. The van der Waals surface area contributed by atoms with E-state index in [9.17, 15) is 5.11 Å². The van der Waals surface area contributed by atoms with Gasteiger partial charge in [0.15, 0.2) is 0 Å². The van der Waals surface area contributed by atoms with Crippen molar-refractivity contribution >= 4 is 0 Å². The van der Waals surface area contributed by atoms with Gasteiger partial charge in [-0.1, -0.05) is 23.8 Å². The molecule has 0 saturated heterocycles. The van der Waals surface area contributed by atoms with Gasteiger partial charge < -0.3 is 9.84 Å². The summed E-state index contributed by atoms with van der Waals surface area (Å²) in [5, 5.41) is 13.4. The van der Waals surface area contributed by atoms with Gasteiger partial charge in [-0.15, -0.1) is 0 Å². The van der Waals surface area contributed by atoms with Crippen molar-refractivity contribution in [3.8, 4) is 5.75 Å². The van der Waals surface area contributed by atoms with Crippen molar-refractivity contribution in [2.45, 2.75) is 25.9 Å². The molecule has 0 amide bonds. The lowest BCUT2D eigenvalue weighted by molar-refractivity contribution is 0.165. The van der Waals surface area contributed by atoms with E-state index in [0.717, 1.165) is 16.9 Å². The lowest BCUT2D eigenvalue weighted by atomic mass is 10.1. The molecule has 0 aliphatic heterocycles. The molecule has 0 heterocycles. The van der Waals surface area contributed by atoms with Gasteiger partial charge in [0.1, 0.15) is 12.4 Å². The van der Waals surface area contributed by atoms with Crippen LogP contribution >= 0.6 is 0 Å². The number of aliphatic hydroxyl groups excluding tert-OH is 1. The van der Waals surface area contributed by atoms with Crippen LogP contribution in [0.25, 0.3) is 10.4 Å². The fraction of sp³-hybridized carbons (Fsp3) is 0.429. The van der Waals surface area contributed by atoms with Crippen molar-refractivity contribution in [2.75, 3.05) is 13.2 Å². The first kappa shape index (κ1) is 15.1. The van der Waals surface area contributed by atoms with E-state index < -0.39 is 6.10 Å². The minimum Gasteiger partial charge on any atom is -0.489 e. The number of benzene rings is 1. The molecule has 1 aromatic rings. The van der Waals surface area contributed by atoms with Gasteiger partial charge in [0.25, 0.3) is 0 Å². The summed E-state index contributed by atoms with van der Waals surface area (Å²) in [5.74, 6) is 0.757. The van der Waals surface area contributed by atoms with Crippen molar-refractivity contribution in [1.82, 2.24) is 0 Å². The second kappa shape index (κ2) is 8.19. The molecule has 5 nitrogen and oxygen atoms in total. The molecule has 1 N–H and O–H groups in total. The van der Waals surface area contributed by atoms with Gasteiger partial charge in [-0.3, -0.25) is 0 Å². The smallest absolute Gasteiger partial charge is 0.119 e. The van der Waals surface area contributed by atoms with E-state index in [0.29, 0.717) is 26.0 Å². The average Bonchev–Trinajstić information content (AvgIpc) is 2.41. The predicted molar refractivity (Wildman–Crippen MR) is 75.0 cm³/mol. The van der Waals surface area contributed by atoms with Gasteiger partial charge >= 0.3 is 0 Å². The third-order valence-corrected chi connectivity index (χ3v) is 2.55. The van der Waals surface area contributed by atoms with E-state index in [1.807, 2.05) is 31.2 Å². The molecule has 19 heavy (non-hydrogen) atoms. The number of rotatable bonds is 8. The lowest BCUT2D eigenvalue weighted by Crippen LogP contribution is -2.00. The molecule has 0 aliphatic carbocycles. The molecular formula is C14H19N3O2. The Morgan fingerprint density at radius 1 is 1.47 bits per heavy atom. The summed E-state index contributed by atoms with van der Waals surface area (Å²) in [6, 6.07) is 7.34. The van der Waals surface area contributed by atoms with Crippen molar-refractivity contribution < 1.29 is 9.84 Å². The summed E-state index contributed by atoms with van der Waals surface area (Å²) in [6.45, 7) is 6.57. The summed E-state index contributed by atoms with van der Waals surface area (Å²) < 4.78 is 5.48. The molecule has 5 heteroatoms. The van der Waals surface area contributed by atoms with Gasteiger partial charge in [0, 0.05) is 11.5 Å². The highest BCUT2D eigenvalue weighted by Gasteiger charge is 2.07. The van der Waals surface area contributed by atoms with Crippen LogP contribution < -0.4 is 4.74 Å². The molecule has 0 radical (unpaired) electrons. The predicted octanol–water partition coefficient (Wildman–Crippen LogP) is 3.77. The van der Waals surface area contributed by atoms with Crippen LogP contribution in [0.5, 0.6) is 5.75 Å². The Morgan fingerprint density at radius 2 is 2.16 bits per heavy atom. The van der Waals surface area contributed by atoms with Crippen LogP contribution in [0.15, 0.2) is 41.5 Å². The molecule has 1 rings (SSSR count). The first-order chi connectivity index (χ1) is 9.13. The molecule has 0 saturated carbocycles. The number of hydrogen-bond donors (Lipinski definition) is 1. The number of nitrogens with zero attached hydrogens (tertiary/aromatic N) is 3. The number of ether oxygens (including phenoxy) is 1. The average molecular weight is 261 g/mol. The number of azide groups is 1. The molecule has 0 aromatic heterocycles. The van der Waals surface area contributed by atoms with Crippen molar-refractivity contribution in [1.29, 1.82) is 0 Å². The minimum absolute atomic E-state index is 0.410. The number of hydrogen-bond acceptors (Lipinski definition) is 3. The summed E-state index contributed by atoms with van der Waals surface area (Å²) >= 11 is 0. The van der Waals surface area contributed by atoms with Crippen LogP contribution in [0, 0.1) is 0 Å². The Kier molecular flexibility index (Phi) is 6.50. The molecule has 102 valence electrons. The molecular weight excluding hydrogens is 242 g/mol. The molecule has 1 aromatic carbocycles. The van der Waals surface area contributed by atoms with Crippen LogP contribution in [0.2, 0.25) is 0 Å². The highest BCUT2D eigenvalue weighted by Crippen LogP contribution is 2.21. The highest BCUT2D eigenvalue weighted by molar-refractivity contribution is 5.28. The van der Waals surface area contributed by atoms with E-state index in [1.54, 1.807) is 0 Å². The van der Waals surface area contributed by atoms with Crippen molar-refractivity contribution in [3.63, 3.8) is 0 Å². The summed E-state index contributed by atoms with van der Waals surface area (Å²) in [6.07, 6.45) is 0.702. The molecule has 0 spiro atoms. The van der Waals surface area contributed by atoms with E-state index in [1.165, 1.54) is 0 Å². The second-order valence-corrected chi connectivity index (χ2v) is 4.43. The molecule has 0 bridgehead atoms. The van der Waals surface area contributed by atoms with Crippen LogP contribution in [0.4, 0.5) is 0 Å². The first-order valence-corrected chi connectivity index (χ1v) is 6.19.